The normalized spacial score (nSPS) is 20.6. The summed E-state index contributed by atoms with van der Waals surface area (Å²) in [5.74, 6) is 1.35. The molecule has 1 aromatic carbocycles. The van der Waals surface area contributed by atoms with Crippen molar-refractivity contribution in [2.75, 3.05) is 7.05 Å². The molecule has 124 valence electrons. The fraction of sp³-hybridized carbons (Fsp3) is 0.389. The van der Waals surface area contributed by atoms with Gasteiger partial charge in [0.25, 0.3) is 0 Å². The monoisotopic (exact) mass is 323 g/mol. The molecule has 0 aliphatic heterocycles. The summed E-state index contributed by atoms with van der Waals surface area (Å²) in [5, 5.41) is 15.7. The van der Waals surface area contributed by atoms with Gasteiger partial charge in [-0.3, -0.25) is 4.99 Å². The highest BCUT2D eigenvalue weighted by atomic mass is 16.3. The molecule has 2 N–H and O–H groups in total. The summed E-state index contributed by atoms with van der Waals surface area (Å²) in [5.41, 5.74) is 1.76. The van der Waals surface area contributed by atoms with E-state index in [4.69, 9.17) is 9.68 Å². The lowest BCUT2D eigenvalue weighted by Gasteiger charge is -2.18. The molecular weight excluding hydrogens is 302 g/mol. The molecule has 0 bridgehead atoms. The van der Waals surface area contributed by atoms with Crippen molar-refractivity contribution in [2.24, 2.45) is 10.9 Å². The summed E-state index contributed by atoms with van der Waals surface area (Å²) in [6.45, 7) is 0.514. The van der Waals surface area contributed by atoms with Gasteiger partial charge in [0.2, 0.25) is 5.89 Å². The van der Waals surface area contributed by atoms with Crippen LogP contribution in [0.1, 0.15) is 25.0 Å². The molecule has 2 aromatic rings. The third kappa shape index (κ3) is 3.74. The molecule has 0 radical (unpaired) electrons. The number of oxazole rings is 1. The number of benzene rings is 1. The van der Waals surface area contributed by atoms with E-state index in [1.165, 1.54) is 0 Å². The van der Waals surface area contributed by atoms with Crippen LogP contribution in [0.25, 0.3) is 11.5 Å². The lowest BCUT2D eigenvalue weighted by Crippen LogP contribution is -2.44. The Balaban J connectivity index is 1.57. The van der Waals surface area contributed by atoms with E-state index < -0.39 is 0 Å². The third-order valence-corrected chi connectivity index (χ3v) is 4.24. The number of hydrogen-bond donors (Lipinski definition) is 2. The second kappa shape index (κ2) is 7.64. The Morgan fingerprint density at radius 2 is 2.21 bits per heavy atom. The number of rotatable bonds is 4. The van der Waals surface area contributed by atoms with Crippen molar-refractivity contribution in [3.8, 4) is 17.5 Å². The van der Waals surface area contributed by atoms with E-state index in [2.05, 4.69) is 26.7 Å². The summed E-state index contributed by atoms with van der Waals surface area (Å²) < 4.78 is 5.53. The van der Waals surface area contributed by atoms with Crippen LogP contribution < -0.4 is 10.6 Å². The van der Waals surface area contributed by atoms with Crippen molar-refractivity contribution in [1.29, 1.82) is 5.26 Å². The van der Waals surface area contributed by atoms with Gasteiger partial charge in [0.15, 0.2) is 5.96 Å². The Morgan fingerprint density at radius 1 is 1.38 bits per heavy atom. The van der Waals surface area contributed by atoms with E-state index in [0.717, 1.165) is 30.5 Å². The van der Waals surface area contributed by atoms with Crippen LogP contribution in [0.3, 0.4) is 0 Å². The molecule has 0 amide bonds. The van der Waals surface area contributed by atoms with Crippen LogP contribution in [0.4, 0.5) is 0 Å². The molecule has 0 saturated heterocycles. The quantitative estimate of drug-likeness (QED) is 0.667. The van der Waals surface area contributed by atoms with Crippen LogP contribution in [-0.2, 0) is 6.54 Å². The largest absolute Gasteiger partial charge is 0.444 e. The van der Waals surface area contributed by atoms with Gasteiger partial charge in [-0.15, -0.1) is 0 Å². The number of nitrogens with zero attached hydrogens (tertiary/aromatic N) is 3. The lowest BCUT2D eigenvalue weighted by atomic mass is 10.1. The first kappa shape index (κ1) is 16.1. The summed E-state index contributed by atoms with van der Waals surface area (Å²) in [6.07, 6.45) is 4.68. The van der Waals surface area contributed by atoms with Crippen molar-refractivity contribution in [3.05, 3.63) is 42.3 Å². The first-order chi connectivity index (χ1) is 11.8. The molecule has 6 heteroatoms. The van der Waals surface area contributed by atoms with Crippen molar-refractivity contribution < 1.29 is 4.42 Å². The topological polar surface area (TPSA) is 86.2 Å². The van der Waals surface area contributed by atoms with Crippen molar-refractivity contribution >= 4 is 5.96 Å². The van der Waals surface area contributed by atoms with Crippen LogP contribution in [0.5, 0.6) is 0 Å². The van der Waals surface area contributed by atoms with Gasteiger partial charge < -0.3 is 15.1 Å². The zero-order chi connectivity index (χ0) is 16.8. The predicted octanol–water partition coefficient (Wildman–Crippen LogP) is 2.70. The number of hydrogen-bond acceptors (Lipinski definition) is 4. The minimum absolute atomic E-state index is 0.0558. The van der Waals surface area contributed by atoms with Crippen molar-refractivity contribution in [3.63, 3.8) is 0 Å². The minimum atomic E-state index is 0.0558. The second-order valence-corrected chi connectivity index (χ2v) is 5.85. The van der Waals surface area contributed by atoms with E-state index in [0.29, 0.717) is 18.4 Å². The Morgan fingerprint density at radius 3 is 2.96 bits per heavy atom. The molecule has 1 aromatic heterocycles. The van der Waals surface area contributed by atoms with Crippen LogP contribution in [-0.4, -0.2) is 24.0 Å². The average molecular weight is 323 g/mol. The van der Waals surface area contributed by atoms with Gasteiger partial charge in [-0.1, -0.05) is 18.2 Å². The summed E-state index contributed by atoms with van der Waals surface area (Å²) in [4.78, 5) is 8.71. The minimum Gasteiger partial charge on any atom is -0.444 e. The van der Waals surface area contributed by atoms with Crippen molar-refractivity contribution in [1.82, 2.24) is 15.6 Å². The molecular formula is C18H21N5O. The highest BCUT2D eigenvalue weighted by Crippen LogP contribution is 2.24. The molecule has 24 heavy (non-hydrogen) atoms. The van der Waals surface area contributed by atoms with E-state index in [1.807, 2.05) is 30.3 Å². The van der Waals surface area contributed by atoms with Gasteiger partial charge in [0, 0.05) is 18.7 Å². The number of aliphatic imine (C=N–C) groups is 1. The SMILES string of the molecule is CN=C(NCc1coc(-c2ccccc2)n1)NC1CCCC1C#N. The summed E-state index contributed by atoms with van der Waals surface area (Å²) >= 11 is 0. The first-order valence-corrected chi connectivity index (χ1v) is 8.17. The third-order valence-electron chi connectivity index (χ3n) is 4.24. The molecule has 6 nitrogen and oxygen atoms in total. The van der Waals surface area contributed by atoms with Gasteiger partial charge in [0.05, 0.1) is 24.2 Å². The van der Waals surface area contributed by atoms with Crippen LogP contribution in [0.2, 0.25) is 0 Å². The Kier molecular flexibility index (Phi) is 5.12. The predicted molar refractivity (Wildman–Crippen MR) is 92.0 cm³/mol. The molecule has 2 atom stereocenters. The van der Waals surface area contributed by atoms with Crippen LogP contribution in [0.15, 0.2) is 46.0 Å². The highest BCUT2D eigenvalue weighted by Gasteiger charge is 2.27. The number of aromatic nitrogens is 1. The first-order valence-electron chi connectivity index (χ1n) is 8.17. The lowest BCUT2D eigenvalue weighted by molar-refractivity contribution is 0.532. The highest BCUT2D eigenvalue weighted by molar-refractivity contribution is 5.80. The zero-order valence-electron chi connectivity index (χ0n) is 13.7. The van der Waals surface area contributed by atoms with Crippen molar-refractivity contribution in [2.45, 2.75) is 31.8 Å². The molecule has 1 heterocycles. The molecule has 1 saturated carbocycles. The van der Waals surface area contributed by atoms with E-state index in [-0.39, 0.29) is 12.0 Å². The maximum atomic E-state index is 9.17. The van der Waals surface area contributed by atoms with Gasteiger partial charge in [-0.2, -0.15) is 5.26 Å². The smallest absolute Gasteiger partial charge is 0.226 e. The standard InChI is InChI=1S/C18H21N5O/c1-20-18(23-16-9-5-8-14(16)10-19)21-11-15-12-24-17(22-15)13-6-3-2-4-7-13/h2-4,6-7,12,14,16H,5,8-9,11H2,1H3,(H2,20,21,23). The van der Waals surface area contributed by atoms with Crippen LogP contribution in [0, 0.1) is 17.2 Å². The average Bonchev–Trinajstić information content (AvgIpc) is 3.28. The molecule has 1 aliphatic carbocycles. The Bertz CT molecular complexity index is 731. The molecule has 3 rings (SSSR count). The fourth-order valence-corrected chi connectivity index (χ4v) is 2.93. The maximum absolute atomic E-state index is 9.17. The summed E-state index contributed by atoms with van der Waals surface area (Å²) in [6, 6.07) is 12.3. The second-order valence-electron chi connectivity index (χ2n) is 5.85. The van der Waals surface area contributed by atoms with E-state index in [1.54, 1.807) is 13.3 Å². The molecule has 1 fully saturated rings. The number of guanidine groups is 1. The number of nitrogens with one attached hydrogen (secondary N) is 2. The number of nitriles is 1. The Hall–Kier alpha value is -2.81. The zero-order valence-corrected chi connectivity index (χ0v) is 13.7. The van der Waals surface area contributed by atoms with Gasteiger partial charge in [-0.25, -0.2) is 4.98 Å². The summed E-state index contributed by atoms with van der Waals surface area (Å²) in [7, 11) is 1.73. The van der Waals surface area contributed by atoms with E-state index >= 15 is 0 Å². The fourth-order valence-electron chi connectivity index (χ4n) is 2.93. The van der Waals surface area contributed by atoms with Crippen LogP contribution >= 0.6 is 0 Å². The maximum Gasteiger partial charge on any atom is 0.226 e. The molecule has 1 aliphatic rings. The molecule has 0 spiro atoms. The van der Waals surface area contributed by atoms with Gasteiger partial charge in [0.1, 0.15) is 6.26 Å². The van der Waals surface area contributed by atoms with E-state index in [9.17, 15) is 0 Å². The van der Waals surface area contributed by atoms with Gasteiger partial charge >= 0.3 is 0 Å². The Labute approximate surface area is 141 Å². The van der Waals surface area contributed by atoms with Gasteiger partial charge in [-0.05, 0) is 31.4 Å². The molecule has 2 unspecified atom stereocenters.